The van der Waals surface area contributed by atoms with Gasteiger partial charge in [-0.05, 0) is 108 Å². The van der Waals surface area contributed by atoms with Crippen LogP contribution in [-0.4, -0.2) is 56.7 Å². The van der Waals surface area contributed by atoms with Gasteiger partial charge in [0, 0.05) is 54.9 Å². The summed E-state index contributed by atoms with van der Waals surface area (Å²) in [6.45, 7) is 0.495. The minimum Gasteiger partial charge on any atom is -0.465 e. The zero-order chi connectivity index (χ0) is 45.8. The number of esters is 2. The molecule has 0 saturated heterocycles. The van der Waals surface area contributed by atoms with Crippen LogP contribution in [0.15, 0.2) is 97.8 Å². The van der Waals surface area contributed by atoms with Gasteiger partial charge in [0.15, 0.2) is 5.11 Å². The molecule has 0 radical (unpaired) electrons. The maximum absolute atomic E-state index is 14.6. The molecule has 8 rings (SSSR count). The number of thiocarbonyl (C=S) groups is 2. The molecule has 6 aromatic rings. The number of carbonyl (C=O) groups is 2. The van der Waals surface area contributed by atoms with Crippen molar-refractivity contribution in [2.75, 3.05) is 14.2 Å². The van der Waals surface area contributed by atoms with E-state index in [1.54, 1.807) is 30.7 Å². The first kappa shape index (κ1) is 50.0. The average Bonchev–Trinajstić information content (AvgIpc) is 3.57. The monoisotopic (exact) mass is 958 g/mol. The lowest BCUT2D eigenvalue weighted by atomic mass is 9.96. The molecule has 338 valence electrons. The topological polar surface area (TPSA) is 166 Å². The molecule has 5 N–H and O–H groups in total. The van der Waals surface area contributed by atoms with E-state index >= 15 is 0 Å². The highest BCUT2D eigenvalue weighted by molar-refractivity contribution is 7.80. The minimum atomic E-state index is -0.511. The minimum absolute atomic E-state index is 0. The van der Waals surface area contributed by atoms with E-state index in [4.69, 9.17) is 53.4 Å². The van der Waals surface area contributed by atoms with Crippen molar-refractivity contribution in [3.63, 3.8) is 0 Å². The van der Waals surface area contributed by atoms with E-state index in [1.807, 2.05) is 30.5 Å². The molecule has 2 atom stereocenters. The predicted molar refractivity (Wildman–Crippen MR) is 255 cm³/mol. The van der Waals surface area contributed by atoms with Crippen molar-refractivity contribution < 1.29 is 27.8 Å². The molecule has 2 aromatic carbocycles. The van der Waals surface area contributed by atoms with Gasteiger partial charge < -0.3 is 31.2 Å². The van der Waals surface area contributed by atoms with Crippen LogP contribution in [0.2, 0.25) is 10.0 Å². The summed E-state index contributed by atoms with van der Waals surface area (Å²) in [6.07, 6.45) is 12.8. The van der Waals surface area contributed by atoms with Gasteiger partial charge in [-0.1, -0.05) is 67.1 Å². The van der Waals surface area contributed by atoms with Crippen LogP contribution in [-0.2, 0) is 48.2 Å². The van der Waals surface area contributed by atoms with Crippen LogP contribution >= 0.6 is 47.6 Å². The Morgan fingerprint density at radius 3 is 1.72 bits per heavy atom. The van der Waals surface area contributed by atoms with Crippen LogP contribution in [0.5, 0.6) is 0 Å². The molecule has 2 aliphatic carbocycles. The van der Waals surface area contributed by atoms with E-state index in [9.17, 15) is 18.4 Å². The largest absolute Gasteiger partial charge is 0.465 e. The number of hydrogen-bond acceptors (Lipinski definition) is 11. The Kier molecular flexibility index (Phi) is 18.3. The first-order valence-electron chi connectivity index (χ1n) is 19.8. The third-order valence-electron chi connectivity index (χ3n) is 10.5. The van der Waals surface area contributed by atoms with Gasteiger partial charge in [0.25, 0.3) is 0 Å². The highest BCUT2D eigenvalue weighted by Gasteiger charge is 2.27. The summed E-state index contributed by atoms with van der Waals surface area (Å²) < 4.78 is 37.7. The van der Waals surface area contributed by atoms with Gasteiger partial charge in [-0.15, -0.1) is 0 Å². The predicted octanol–water partition coefficient (Wildman–Crippen LogP) is 8.48. The fourth-order valence-electron chi connectivity index (χ4n) is 7.34. The number of carbonyl (C=O) groups excluding carboxylic acids is 2. The molecule has 4 aromatic heterocycles. The molecular formula is C47H46Cl2F2N8O4S2. The Labute approximate surface area is 396 Å². The van der Waals surface area contributed by atoms with Crippen molar-refractivity contribution in [3.05, 3.63) is 187 Å². The normalized spacial score (nSPS) is 14.1. The molecule has 0 amide bonds. The van der Waals surface area contributed by atoms with E-state index in [1.165, 1.54) is 61.9 Å². The van der Waals surface area contributed by atoms with Gasteiger partial charge in [-0.3, -0.25) is 19.9 Å². The summed E-state index contributed by atoms with van der Waals surface area (Å²) in [5.74, 6) is -1.34. The van der Waals surface area contributed by atoms with Crippen LogP contribution < -0.4 is 21.7 Å². The second-order valence-electron chi connectivity index (χ2n) is 14.2. The maximum atomic E-state index is 14.6. The van der Waals surface area contributed by atoms with E-state index in [0.717, 1.165) is 46.2 Å². The molecule has 12 nitrogen and oxygen atoms in total. The zero-order valence-electron chi connectivity index (χ0n) is 34.5. The highest BCUT2D eigenvalue weighted by atomic mass is 35.5. The molecule has 4 heterocycles. The van der Waals surface area contributed by atoms with Crippen molar-refractivity contribution in [1.82, 2.24) is 35.9 Å². The molecule has 0 aliphatic heterocycles. The standard InChI is InChI=1S/C23H20ClFN4O2S.C15H13FN2S.C8H9ClN2O2.CH4/c1-31-22(30)14-9-18(24)20(27-10-14)12-28-23(32)29-21-16-3-2-4-19(25)15(16)6-5-13-7-8-26-11-17(13)21;16-14-3-1-2-12-11(14)5-4-10-6-7-17-8-13(10)15(12)18-9-19;1-13-8(12)5-2-6(9)7(3-10)11-4-5;/h2-4,7-11,21H,5-6,12H2,1H3,(H2,28,29,32);1-3,6-9,15H,4-5H2,(H,18,19);2,4H,3,10H2,1H3;1H4. The Balaban J connectivity index is 0.000000203. The molecular weight excluding hydrogens is 914 g/mol. The summed E-state index contributed by atoms with van der Waals surface area (Å²) >= 11 is 22.5. The van der Waals surface area contributed by atoms with Crippen LogP contribution in [0.1, 0.15) is 96.1 Å². The summed E-state index contributed by atoms with van der Waals surface area (Å²) in [7, 11) is 2.59. The molecule has 2 unspecified atom stereocenters. The summed E-state index contributed by atoms with van der Waals surface area (Å²) in [4.78, 5) is 39.2. The molecule has 65 heavy (non-hydrogen) atoms. The number of nitrogens with zero attached hydrogens (tertiary/aromatic N) is 4. The Morgan fingerprint density at radius 2 is 1.25 bits per heavy atom. The smallest absolute Gasteiger partial charge is 0.339 e. The first-order valence-corrected chi connectivity index (χ1v) is 21.4. The number of pyridine rings is 4. The molecule has 0 bridgehead atoms. The summed E-state index contributed by atoms with van der Waals surface area (Å²) in [5.41, 5.74) is 16.1. The van der Waals surface area contributed by atoms with Crippen molar-refractivity contribution in [3.8, 4) is 0 Å². The Morgan fingerprint density at radius 1 is 0.754 bits per heavy atom. The lowest BCUT2D eigenvalue weighted by Gasteiger charge is -2.23. The van der Waals surface area contributed by atoms with Gasteiger partial charge in [0.05, 0.1) is 70.9 Å². The third-order valence-corrected chi connectivity index (χ3v) is 11.6. The second kappa shape index (κ2) is 23.8. The third kappa shape index (κ3) is 12.2. The van der Waals surface area contributed by atoms with Crippen molar-refractivity contribution in [2.45, 2.75) is 58.3 Å². The fraction of sp³-hybridized carbons (Fsp3) is 0.234. The average molecular weight is 960 g/mol. The maximum Gasteiger partial charge on any atom is 0.339 e. The van der Waals surface area contributed by atoms with Crippen molar-refractivity contribution >= 4 is 70.2 Å². The number of aryl methyl sites for hydroxylation is 2. The number of aromatic nitrogens is 4. The van der Waals surface area contributed by atoms with Crippen LogP contribution in [0.4, 0.5) is 8.78 Å². The number of fused-ring (bicyclic) bond motifs is 4. The number of nitrogens with one attached hydrogen (secondary N) is 3. The number of benzene rings is 2. The molecule has 18 heteroatoms. The summed E-state index contributed by atoms with van der Waals surface area (Å²) in [6, 6.07) is 16.8. The molecule has 0 spiro atoms. The van der Waals surface area contributed by atoms with E-state index in [-0.39, 0.29) is 49.8 Å². The number of methoxy groups -OCH3 is 2. The quantitative estimate of drug-likeness (QED) is 0.0848. The zero-order valence-corrected chi connectivity index (χ0v) is 37.7. The van der Waals surface area contributed by atoms with Gasteiger partial charge in [-0.2, -0.15) is 0 Å². The van der Waals surface area contributed by atoms with Crippen molar-refractivity contribution in [2.24, 2.45) is 5.73 Å². The highest BCUT2D eigenvalue weighted by Crippen LogP contribution is 2.34. The van der Waals surface area contributed by atoms with E-state index < -0.39 is 11.9 Å². The molecule has 0 saturated carbocycles. The van der Waals surface area contributed by atoms with Crippen LogP contribution in [0.3, 0.4) is 0 Å². The Hall–Kier alpha value is -6.04. The number of nitrogens with two attached hydrogens (primary N) is 1. The van der Waals surface area contributed by atoms with Crippen molar-refractivity contribution in [1.29, 1.82) is 0 Å². The summed E-state index contributed by atoms with van der Waals surface area (Å²) in [5, 5.41) is 10.6. The lowest BCUT2D eigenvalue weighted by molar-refractivity contribution is 0.0591. The number of halogens is 4. The number of ether oxygens (including phenoxy) is 2. The van der Waals surface area contributed by atoms with Crippen LogP contribution in [0.25, 0.3) is 0 Å². The van der Waals surface area contributed by atoms with Crippen LogP contribution in [0, 0.1) is 11.6 Å². The van der Waals surface area contributed by atoms with Gasteiger partial charge in [0.1, 0.15) is 11.6 Å². The van der Waals surface area contributed by atoms with Gasteiger partial charge in [0.2, 0.25) is 0 Å². The lowest BCUT2D eigenvalue weighted by Crippen LogP contribution is -2.38. The van der Waals surface area contributed by atoms with E-state index in [2.05, 4.69) is 45.4 Å². The van der Waals surface area contributed by atoms with E-state index in [0.29, 0.717) is 50.5 Å². The second-order valence-corrected chi connectivity index (χ2v) is 15.7. The Bertz CT molecular complexity index is 2680. The van der Waals surface area contributed by atoms with Gasteiger partial charge in [-0.25, -0.2) is 18.4 Å². The number of rotatable bonds is 8. The fourth-order valence-corrected chi connectivity index (χ4v) is 8.14. The molecule has 2 aliphatic rings. The number of hydrogen-bond donors (Lipinski definition) is 4. The first-order chi connectivity index (χ1) is 31.0. The van der Waals surface area contributed by atoms with Gasteiger partial charge >= 0.3 is 11.9 Å². The SMILES string of the molecule is C.COC(=O)c1cnc(CN)c(Cl)c1.COC(=O)c1cnc(CNC(=S)NC2c3cnccc3CCc3c(F)cccc32)c(Cl)c1.Fc1cccc2c1CCc1ccncc1C2NC=S. The molecule has 0 fully saturated rings.